The van der Waals surface area contributed by atoms with Crippen LogP contribution in [0.15, 0.2) is 66.7 Å². The number of hydrogen-bond donors (Lipinski definition) is 5. The SMILES string of the molecule is N[C@H](C(=O)Nc1cccc(F)c1CCC1CNC2CCCS(O)(O)N1C2)[C@@H](c1ccc(F)cc1)c1ccc(C(F)(F)F)cc1. The number of halogens is 5. The number of benzene rings is 3. The predicted molar refractivity (Wildman–Crippen MR) is 160 cm³/mol. The molecule has 0 saturated carbocycles. The van der Waals surface area contributed by atoms with E-state index in [9.17, 15) is 31.5 Å². The largest absolute Gasteiger partial charge is 0.416 e. The monoisotopic (exact) mass is 638 g/mol. The molecule has 0 aliphatic carbocycles. The molecule has 2 fully saturated rings. The van der Waals surface area contributed by atoms with Crippen LogP contribution in [-0.2, 0) is 17.4 Å². The molecule has 2 heterocycles. The molecule has 0 spiro atoms. The molecule has 2 aliphatic rings. The zero-order valence-corrected chi connectivity index (χ0v) is 24.6. The molecule has 3 aromatic rings. The molecular formula is C31H35F5N4O3S. The van der Waals surface area contributed by atoms with Crippen LogP contribution >= 0.6 is 10.8 Å². The maximum atomic E-state index is 15.2. The van der Waals surface area contributed by atoms with Gasteiger partial charge in [0.25, 0.3) is 0 Å². The molecular weight excluding hydrogens is 603 g/mol. The molecule has 2 aliphatic heterocycles. The molecule has 2 bridgehead atoms. The fourth-order valence-electron chi connectivity index (χ4n) is 6.04. The van der Waals surface area contributed by atoms with Crippen molar-refractivity contribution in [1.29, 1.82) is 0 Å². The first-order valence-electron chi connectivity index (χ1n) is 14.4. The summed E-state index contributed by atoms with van der Waals surface area (Å²) in [7, 11) is -2.94. The van der Waals surface area contributed by atoms with Crippen molar-refractivity contribution in [3.8, 4) is 0 Å². The highest BCUT2D eigenvalue weighted by atomic mass is 32.3. The Hall–Kier alpha value is -3.07. The third kappa shape index (κ3) is 7.24. The van der Waals surface area contributed by atoms with Gasteiger partial charge in [0.2, 0.25) is 5.91 Å². The smallest absolute Gasteiger partial charge is 0.324 e. The molecule has 0 radical (unpaired) electrons. The van der Waals surface area contributed by atoms with Gasteiger partial charge in [0.1, 0.15) is 11.6 Å². The lowest BCUT2D eigenvalue weighted by Crippen LogP contribution is -2.55. The van der Waals surface area contributed by atoms with E-state index in [0.29, 0.717) is 37.1 Å². The third-order valence-electron chi connectivity index (χ3n) is 8.39. The topological polar surface area (TPSA) is 111 Å². The van der Waals surface area contributed by atoms with Crippen molar-refractivity contribution >= 4 is 22.4 Å². The van der Waals surface area contributed by atoms with Gasteiger partial charge in [-0.05, 0) is 73.2 Å². The zero-order valence-electron chi connectivity index (χ0n) is 23.7. The molecule has 5 atom stereocenters. The molecule has 3 aromatic carbocycles. The zero-order chi connectivity index (χ0) is 31.6. The highest BCUT2D eigenvalue weighted by molar-refractivity contribution is 8.22. The van der Waals surface area contributed by atoms with Gasteiger partial charge in [-0.1, -0.05) is 30.3 Å². The summed E-state index contributed by atoms with van der Waals surface area (Å²) >= 11 is 0. The Morgan fingerprint density at radius 3 is 2.36 bits per heavy atom. The average molecular weight is 639 g/mol. The first-order chi connectivity index (χ1) is 20.8. The minimum absolute atomic E-state index is 0.156. The van der Waals surface area contributed by atoms with E-state index in [1.54, 1.807) is 4.31 Å². The summed E-state index contributed by atoms with van der Waals surface area (Å²) in [5, 5.41) is 6.13. The molecule has 1 amide bonds. The van der Waals surface area contributed by atoms with Gasteiger partial charge < -0.3 is 16.4 Å². The molecule has 13 heteroatoms. The van der Waals surface area contributed by atoms with Gasteiger partial charge in [0.15, 0.2) is 0 Å². The van der Waals surface area contributed by atoms with E-state index in [4.69, 9.17) is 5.73 Å². The molecule has 238 valence electrons. The highest BCUT2D eigenvalue weighted by Crippen LogP contribution is 2.49. The number of anilines is 1. The van der Waals surface area contributed by atoms with Crippen molar-refractivity contribution in [2.75, 3.05) is 24.2 Å². The molecule has 2 saturated heterocycles. The summed E-state index contributed by atoms with van der Waals surface area (Å²) in [6.07, 6.45) is -2.46. The van der Waals surface area contributed by atoms with E-state index in [2.05, 4.69) is 10.6 Å². The van der Waals surface area contributed by atoms with Crippen molar-refractivity contribution < 1.29 is 35.9 Å². The highest BCUT2D eigenvalue weighted by Gasteiger charge is 2.38. The van der Waals surface area contributed by atoms with Gasteiger partial charge in [-0.25, -0.2) is 13.1 Å². The van der Waals surface area contributed by atoms with Crippen LogP contribution in [0.5, 0.6) is 0 Å². The number of amides is 1. The summed E-state index contributed by atoms with van der Waals surface area (Å²) in [5.74, 6) is -2.46. The standard InChI is InChI=1S/C31H35F5N4O3S/c32-22-12-8-20(9-13-22)28(19-6-10-21(11-7-19)31(34,35)36)29(37)30(41)39-27-5-1-4-26(33)25(27)15-14-24-17-38-23-3-2-16-44(42,43)40(24)18-23/h1,4-13,23-24,28-29,38,42-43H,2-3,14-18,37H2,(H,39,41)/t23?,24?,28-,29+/m1/s1. The Morgan fingerprint density at radius 2 is 1.70 bits per heavy atom. The first-order valence-corrected chi connectivity index (χ1v) is 16.0. The number of fused-ring (bicyclic) bond motifs is 2. The van der Waals surface area contributed by atoms with Crippen molar-refractivity contribution in [3.63, 3.8) is 0 Å². The van der Waals surface area contributed by atoms with Crippen LogP contribution in [0.1, 0.15) is 47.4 Å². The second-order valence-corrected chi connectivity index (χ2v) is 13.4. The lowest BCUT2D eigenvalue weighted by atomic mass is 9.84. The van der Waals surface area contributed by atoms with Crippen molar-refractivity contribution in [2.45, 2.75) is 55.9 Å². The number of piperazine rings is 1. The van der Waals surface area contributed by atoms with Gasteiger partial charge in [-0.2, -0.15) is 13.2 Å². The van der Waals surface area contributed by atoms with E-state index in [0.717, 1.165) is 18.6 Å². The van der Waals surface area contributed by atoms with Crippen molar-refractivity contribution in [1.82, 2.24) is 9.62 Å². The summed E-state index contributed by atoms with van der Waals surface area (Å²) in [6, 6.07) is 12.2. The van der Waals surface area contributed by atoms with Gasteiger partial charge in [-0.15, -0.1) is 10.8 Å². The minimum Gasteiger partial charge on any atom is -0.324 e. The Kier molecular flexibility index (Phi) is 9.64. The summed E-state index contributed by atoms with van der Waals surface area (Å²) in [4.78, 5) is 13.5. The lowest BCUT2D eigenvalue weighted by Gasteiger charge is -2.49. The quantitative estimate of drug-likeness (QED) is 0.190. The molecule has 44 heavy (non-hydrogen) atoms. The Morgan fingerprint density at radius 1 is 1.05 bits per heavy atom. The average Bonchev–Trinajstić information content (AvgIpc) is 3.09. The van der Waals surface area contributed by atoms with Crippen LogP contribution in [0.25, 0.3) is 0 Å². The number of hydrogen-bond acceptors (Lipinski definition) is 6. The number of nitrogens with two attached hydrogens (primary N) is 1. The third-order valence-corrected chi connectivity index (χ3v) is 10.4. The van der Waals surface area contributed by atoms with Crippen LogP contribution in [0.2, 0.25) is 0 Å². The van der Waals surface area contributed by atoms with Crippen LogP contribution < -0.4 is 16.4 Å². The Bertz CT molecular complexity index is 1460. The number of alkyl halides is 3. The van der Waals surface area contributed by atoms with Crippen LogP contribution in [0, 0.1) is 11.6 Å². The van der Waals surface area contributed by atoms with Gasteiger partial charge in [-0.3, -0.25) is 13.9 Å². The Balaban J connectivity index is 1.36. The van der Waals surface area contributed by atoms with Crippen LogP contribution in [0.3, 0.4) is 0 Å². The maximum Gasteiger partial charge on any atom is 0.416 e. The molecule has 5 rings (SSSR count). The van der Waals surface area contributed by atoms with E-state index in [-0.39, 0.29) is 35.5 Å². The predicted octanol–water partition coefficient (Wildman–Crippen LogP) is 6.12. The van der Waals surface area contributed by atoms with Crippen LogP contribution in [-0.4, -0.2) is 56.3 Å². The number of carbonyl (C=O) groups excluding carboxylic acids is 1. The van der Waals surface area contributed by atoms with E-state index >= 15 is 4.39 Å². The van der Waals surface area contributed by atoms with Crippen LogP contribution in [0.4, 0.5) is 27.6 Å². The maximum absolute atomic E-state index is 15.2. The summed E-state index contributed by atoms with van der Waals surface area (Å²) in [5.41, 5.74) is 6.67. The second kappa shape index (κ2) is 13.1. The molecule has 7 nitrogen and oxygen atoms in total. The molecule has 3 unspecified atom stereocenters. The number of nitrogens with one attached hydrogen (secondary N) is 2. The normalized spacial score (nSPS) is 23.7. The van der Waals surface area contributed by atoms with E-state index in [1.165, 1.54) is 54.6 Å². The fourth-order valence-corrected chi connectivity index (χ4v) is 7.90. The minimum atomic E-state index is -4.56. The molecule has 6 N–H and O–H groups in total. The number of rotatable bonds is 8. The fraction of sp³-hybridized carbons (Fsp3) is 0.387. The van der Waals surface area contributed by atoms with Gasteiger partial charge in [0.05, 0.1) is 17.4 Å². The lowest BCUT2D eigenvalue weighted by molar-refractivity contribution is -0.137. The number of nitrogens with zero attached hydrogens (tertiary/aromatic N) is 1. The second-order valence-electron chi connectivity index (χ2n) is 11.3. The number of carbonyl (C=O) groups is 1. The first kappa shape index (κ1) is 32.3. The van der Waals surface area contributed by atoms with E-state index < -0.39 is 52.0 Å². The summed E-state index contributed by atoms with van der Waals surface area (Å²) < 4.78 is 91.7. The summed E-state index contributed by atoms with van der Waals surface area (Å²) in [6.45, 7) is 0.992. The van der Waals surface area contributed by atoms with Gasteiger partial charge in [0, 0.05) is 42.3 Å². The molecule has 0 aromatic heterocycles. The van der Waals surface area contributed by atoms with Crippen molar-refractivity contribution in [2.24, 2.45) is 5.73 Å². The van der Waals surface area contributed by atoms with E-state index in [1.807, 2.05) is 0 Å². The van der Waals surface area contributed by atoms with Crippen molar-refractivity contribution in [3.05, 3.63) is 101 Å². The Labute approximate surface area is 254 Å². The van der Waals surface area contributed by atoms with Gasteiger partial charge >= 0.3 is 6.18 Å².